The van der Waals surface area contributed by atoms with E-state index in [0.29, 0.717) is 6.29 Å². The molecule has 0 saturated heterocycles. The van der Waals surface area contributed by atoms with Gasteiger partial charge >= 0.3 is 0 Å². The van der Waals surface area contributed by atoms with Gasteiger partial charge in [0.1, 0.15) is 6.29 Å². The van der Waals surface area contributed by atoms with Crippen LogP contribution in [0, 0.1) is 0 Å². The van der Waals surface area contributed by atoms with Gasteiger partial charge in [-0.1, -0.05) is 0 Å². The van der Waals surface area contributed by atoms with E-state index < -0.39 is 0 Å². The lowest BCUT2D eigenvalue weighted by Gasteiger charge is -2.00. The first kappa shape index (κ1) is 9.77. The van der Waals surface area contributed by atoms with Gasteiger partial charge in [0, 0.05) is 12.8 Å². The number of hydrogen-bond donors (Lipinski definition) is 2. The molecule has 1 radical (unpaired) electrons. The molecule has 5 nitrogen and oxygen atoms in total. The number of carbonyl (C=O) groups is 2. The molecule has 5 heteroatoms. The van der Waals surface area contributed by atoms with Crippen molar-refractivity contribution in [1.82, 2.24) is 10.9 Å². The molecule has 0 heterocycles. The minimum Gasteiger partial charge on any atom is -0.303 e. The third-order valence-electron chi connectivity index (χ3n) is 0.878. The number of carbonyl (C=O) groups excluding carboxylic acids is 3. The molecule has 0 aromatic heterocycles. The number of rotatable bonds is 6. The molecule has 61 valence electrons. The molecule has 0 bridgehead atoms. The fourth-order valence-electron chi connectivity index (χ4n) is 0.431. The second-order valence-corrected chi connectivity index (χ2v) is 1.75. The maximum absolute atomic E-state index is 10.6. The molecule has 0 rings (SSSR count). The number of hydrazine groups is 1. The van der Waals surface area contributed by atoms with E-state index in [1.165, 1.54) is 6.29 Å². The van der Waals surface area contributed by atoms with Gasteiger partial charge in [-0.25, -0.2) is 5.43 Å². The highest BCUT2D eigenvalue weighted by atomic mass is 16.2. The van der Waals surface area contributed by atoms with E-state index in [2.05, 4.69) is 10.9 Å². The lowest BCUT2D eigenvalue weighted by atomic mass is 10.3. The van der Waals surface area contributed by atoms with Gasteiger partial charge in [0.25, 0.3) is 0 Å². The quantitative estimate of drug-likeness (QED) is 0.285. The van der Waals surface area contributed by atoms with E-state index in [-0.39, 0.29) is 25.3 Å². The standard InChI is InChI=1S/C6H9N2O3/c9-4-1-2-6(11)8-7-3-5-10/h4,7H,1-3H2,(H,8,11). The Morgan fingerprint density at radius 2 is 2.27 bits per heavy atom. The Morgan fingerprint density at radius 3 is 2.82 bits per heavy atom. The SMILES string of the molecule is O=[C]CNNC(=O)CCC=O. The summed E-state index contributed by atoms with van der Waals surface area (Å²) in [4.78, 5) is 30.0. The van der Waals surface area contributed by atoms with Crippen LogP contribution < -0.4 is 10.9 Å². The maximum Gasteiger partial charge on any atom is 0.234 e. The Bertz CT molecular complexity index is 147. The molecule has 0 saturated carbocycles. The fourth-order valence-corrected chi connectivity index (χ4v) is 0.431. The summed E-state index contributed by atoms with van der Waals surface area (Å²) in [6.07, 6.45) is 2.52. The Kier molecular flexibility index (Phi) is 6.11. The second kappa shape index (κ2) is 6.88. The highest BCUT2D eigenvalue weighted by Crippen LogP contribution is 1.81. The molecular formula is C6H9N2O3. The molecule has 0 aliphatic carbocycles. The predicted molar refractivity (Wildman–Crippen MR) is 37.1 cm³/mol. The van der Waals surface area contributed by atoms with Gasteiger partial charge in [0.2, 0.25) is 12.2 Å². The molecule has 0 fully saturated rings. The zero-order valence-electron chi connectivity index (χ0n) is 5.92. The van der Waals surface area contributed by atoms with Crippen molar-refractivity contribution in [3.63, 3.8) is 0 Å². The van der Waals surface area contributed by atoms with Gasteiger partial charge < -0.3 is 4.79 Å². The molecule has 0 aliphatic rings. The first-order valence-electron chi connectivity index (χ1n) is 3.11. The minimum atomic E-state index is -0.313. The van der Waals surface area contributed by atoms with Crippen LogP contribution in [-0.2, 0) is 14.4 Å². The van der Waals surface area contributed by atoms with Crippen molar-refractivity contribution >= 4 is 18.5 Å². The number of aldehydes is 1. The van der Waals surface area contributed by atoms with Crippen LogP contribution in [0.3, 0.4) is 0 Å². The van der Waals surface area contributed by atoms with Crippen LogP contribution in [0.25, 0.3) is 0 Å². The van der Waals surface area contributed by atoms with Crippen LogP contribution >= 0.6 is 0 Å². The van der Waals surface area contributed by atoms with E-state index in [0.717, 1.165) is 0 Å². The summed E-state index contributed by atoms with van der Waals surface area (Å²) in [5.41, 5.74) is 4.51. The van der Waals surface area contributed by atoms with Crippen molar-refractivity contribution in [3.05, 3.63) is 0 Å². The monoisotopic (exact) mass is 157 g/mol. The molecule has 0 atom stereocenters. The summed E-state index contributed by atoms with van der Waals surface area (Å²) in [5, 5.41) is 0. The molecule has 0 aliphatic heterocycles. The van der Waals surface area contributed by atoms with Crippen LogP contribution in [0.15, 0.2) is 0 Å². The van der Waals surface area contributed by atoms with Crippen LogP contribution in [-0.4, -0.2) is 25.0 Å². The average molecular weight is 157 g/mol. The predicted octanol–water partition coefficient (Wildman–Crippen LogP) is -1.30. The maximum atomic E-state index is 10.6. The minimum absolute atomic E-state index is 0.0488. The Labute approximate surface area is 64.1 Å². The van der Waals surface area contributed by atoms with Gasteiger partial charge in [-0.05, 0) is 0 Å². The second-order valence-electron chi connectivity index (χ2n) is 1.75. The first-order valence-corrected chi connectivity index (χ1v) is 3.11. The van der Waals surface area contributed by atoms with Gasteiger partial charge in [-0.3, -0.25) is 15.0 Å². The number of hydrogen-bond acceptors (Lipinski definition) is 4. The number of amides is 1. The van der Waals surface area contributed by atoms with Crippen LogP contribution in [0.5, 0.6) is 0 Å². The molecule has 2 N–H and O–H groups in total. The molecule has 0 aromatic carbocycles. The van der Waals surface area contributed by atoms with Gasteiger partial charge in [-0.2, -0.15) is 0 Å². The average Bonchev–Trinajstić information content (AvgIpc) is 2.01. The number of nitrogens with one attached hydrogen (secondary N) is 2. The van der Waals surface area contributed by atoms with Crippen molar-refractivity contribution in [2.24, 2.45) is 0 Å². The van der Waals surface area contributed by atoms with Crippen molar-refractivity contribution in [1.29, 1.82) is 0 Å². The molecule has 0 unspecified atom stereocenters. The largest absolute Gasteiger partial charge is 0.303 e. The van der Waals surface area contributed by atoms with Gasteiger partial charge in [0.15, 0.2) is 0 Å². The Balaban J connectivity index is 3.21. The summed E-state index contributed by atoms with van der Waals surface area (Å²) in [6, 6.07) is 0. The third kappa shape index (κ3) is 6.66. The summed E-state index contributed by atoms with van der Waals surface area (Å²) in [7, 11) is 0. The third-order valence-corrected chi connectivity index (χ3v) is 0.878. The fraction of sp³-hybridized carbons (Fsp3) is 0.500. The van der Waals surface area contributed by atoms with E-state index in [4.69, 9.17) is 0 Å². The van der Waals surface area contributed by atoms with Crippen molar-refractivity contribution in [2.75, 3.05) is 6.54 Å². The molecule has 0 spiro atoms. The smallest absolute Gasteiger partial charge is 0.234 e. The van der Waals surface area contributed by atoms with E-state index in [1.54, 1.807) is 0 Å². The lowest BCUT2D eigenvalue weighted by Crippen LogP contribution is -2.38. The van der Waals surface area contributed by atoms with E-state index >= 15 is 0 Å². The Hall–Kier alpha value is -1.23. The van der Waals surface area contributed by atoms with Crippen LogP contribution in [0.1, 0.15) is 12.8 Å². The van der Waals surface area contributed by atoms with Gasteiger partial charge in [-0.15, -0.1) is 0 Å². The van der Waals surface area contributed by atoms with E-state index in [9.17, 15) is 14.4 Å². The topological polar surface area (TPSA) is 75.3 Å². The van der Waals surface area contributed by atoms with E-state index in [1.807, 2.05) is 0 Å². The highest BCUT2D eigenvalue weighted by Gasteiger charge is 1.97. The summed E-state index contributed by atoms with van der Waals surface area (Å²) in [5.74, 6) is -0.313. The summed E-state index contributed by atoms with van der Waals surface area (Å²) < 4.78 is 0. The molecule has 0 aromatic rings. The molecule has 11 heavy (non-hydrogen) atoms. The van der Waals surface area contributed by atoms with Gasteiger partial charge in [0.05, 0.1) is 6.54 Å². The molecular weight excluding hydrogens is 148 g/mol. The zero-order valence-corrected chi connectivity index (χ0v) is 5.92. The van der Waals surface area contributed by atoms with Crippen molar-refractivity contribution < 1.29 is 14.4 Å². The lowest BCUT2D eigenvalue weighted by molar-refractivity contribution is -0.123. The summed E-state index contributed by atoms with van der Waals surface area (Å²) >= 11 is 0. The Morgan fingerprint density at radius 1 is 1.55 bits per heavy atom. The summed E-state index contributed by atoms with van der Waals surface area (Å²) in [6.45, 7) is -0.0488. The zero-order chi connectivity index (χ0) is 8.53. The molecule has 1 amide bonds. The highest BCUT2D eigenvalue weighted by molar-refractivity contribution is 5.77. The van der Waals surface area contributed by atoms with Crippen LogP contribution in [0.2, 0.25) is 0 Å². The first-order chi connectivity index (χ1) is 5.31. The van der Waals surface area contributed by atoms with Crippen molar-refractivity contribution in [3.8, 4) is 0 Å². The normalized spacial score (nSPS) is 8.73. The van der Waals surface area contributed by atoms with Crippen LogP contribution in [0.4, 0.5) is 0 Å². The van der Waals surface area contributed by atoms with Crippen molar-refractivity contribution in [2.45, 2.75) is 12.8 Å².